The molecule has 0 radical (unpaired) electrons. The molecule has 134 valence electrons. The van der Waals surface area contributed by atoms with E-state index in [0.717, 1.165) is 48.4 Å². The van der Waals surface area contributed by atoms with E-state index in [-0.39, 0.29) is 17.7 Å². The van der Waals surface area contributed by atoms with Gasteiger partial charge in [-0.25, -0.2) is 4.98 Å². The normalized spacial score (nSPS) is 18.4. The summed E-state index contributed by atoms with van der Waals surface area (Å²) in [4.78, 5) is 33.2. The van der Waals surface area contributed by atoms with Crippen molar-refractivity contribution in [2.45, 2.75) is 26.2 Å². The molecule has 0 aliphatic carbocycles. The Balaban J connectivity index is 1.45. The van der Waals surface area contributed by atoms with Crippen LogP contribution in [0, 0.1) is 12.8 Å². The molecule has 1 saturated heterocycles. The van der Waals surface area contributed by atoms with Crippen molar-refractivity contribution in [1.82, 2.24) is 20.2 Å². The second kappa shape index (κ2) is 7.65. The molecule has 2 amide bonds. The fourth-order valence-electron chi connectivity index (χ4n) is 3.39. The van der Waals surface area contributed by atoms with Gasteiger partial charge in [0.15, 0.2) is 0 Å². The summed E-state index contributed by atoms with van der Waals surface area (Å²) in [7, 11) is 0. The molecule has 0 saturated carbocycles. The number of likely N-dealkylation sites (tertiary alicyclic amines) is 1. The Hall–Kier alpha value is -2.41. The molecule has 0 bridgehead atoms. The number of imidazole rings is 1. The third-order valence-electron chi connectivity index (χ3n) is 4.69. The Morgan fingerprint density at radius 1 is 1.44 bits per heavy atom. The molecule has 1 aromatic carbocycles. The summed E-state index contributed by atoms with van der Waals surface area (Å²) in [6.07, 6.45) is 2.19. The number of carbonyl (C=O) groups is 2. The minimum atomic E-state index is -0.224. The minimum Gasteiger partial charge on any atom is -0.369 e. The van der Waals surface area contributed by atoms with Crippen molar-refractivity contribution in [3.05, 3.63) is 29.6 Å². The van der Waals surface area contributed by atoms with E-state index >= 15 is 0 Å². The smallest absolute Gasteiger partial charge is 0.224 e. The van der Waals surface area contributed by atoms with E-state index in [4.69, 9.17) is 5.73 Å². The van der Waals surface area contributed by atoms with Gasteiger partial charge in [-0.1, -0.05) is 6.07 Å². The largest absolute Gasteiger partial charge is 0.369 e. The van der Waals surface area contributed by atoms with Gasteiger partial charge in [-0.05, 0) is 44.0 Å². The van der Waals surface area contributed by atoms with Crippen molar-refractivity contribution >= 4 is 22.8 Å². The lowest BCUT2D eigenvalue weighted by Crippen LogP contribution is -2.44. The van der Waals surface area contributed by atoms with Crippen LogP contribution >= 0.6 is 0 Å². The standard InChI is InChI=1S/C18H25N5O2/c1-12-21-15-5-4-13(9-16(15)22-12)10-17(24)20-6-8-23-7-2-3-14(11-23)18(19)25/h4-5,9,14H,2-3,6-8,10-11H2,1H3,(H2,19,25)(H,20,24)(H,21,22)/t14-/m0/s1. The zero-order chi connectivity index (χ0) is 17.8. The van der Waals surface area contributed by atoms with Crippen LogP contribution in [0.15, 0.2) is 18.2 Å². The number of hydrogen-bond donors (Lipinski definition) is 3. The maximum Gasteiger partial charge on any atom is 0.224 e. The van der Waals surface area contributed by atoms with Gasteiger partial charge in [0.05, 0.1) is 23.4 Å². The number of carbonyl (C=O) groups excluding carboxylic acids is 2. The molecule has 1 aromatic heterocycles. The molecule has 1 aliphatic heterocycles. The molecule has 2 aromatic rings. The summed E-state index contributed by atoms with van der Waals surface area (Å²) < 4.78 is 0. The molecule has 7 nitrogen and oxygen atoms in total. The quantitative estimate of drug-likeness (QED) is 0.719. The first-order valence-electron chi connectivity index (χ1n) is 8.75. The number of nitrogens with two attached hydrogens (primary N) is 1. The van der Waals surface area contributed by atoms with Crippen LogP contribution in [-0.4, -0.2) is 52.9 Å². The van der Waals surface area contributed by atoms with Gasteiger partial charge in [0.1, 0.15) is 5.82 Å². The van der Waals surface area contributed by atoms with Crippen molar-refractivity contribution in [2.24, 2.45) is 11.7 Å². The number of fused-ring (bicyclic) bond motifs is 1. The predicted molar refractivity (Wildman–Crippen MR) is 95.9 cm³/mol. The van der Waals surface area contributed by atoms with Crippen LogP contribution in [0.5, 0.6) is 0 Å². The maximum absolute atomic E-state index is 12.1. The number of aromatic amines is 1. The monoisotopic (exact) mass is 343 g/mol. The van der Waals surface area contributed by atoms with Crippen LogP contribution in [-0.2, 0) is 16.0 Å². The zero-order valence-electron chi connectivity index (χ0n) is 14.5. The highest BCUT2D eigenvalue weighted by Gasteiger charge is 2.23. The lowest BCUT2D eigenvalue weighted by atomic mass is 9.97. The maximum atomic E-state index is 12.1. The lowest BCUT2D eigenvalue weighted by molar-refractivity contribution is -0.124. The molecule has 0 spiro atoms. The van der Waals surface area contributed by atoms with E-state index in [9.17, 15) is 9.59 Å². The second-order valence-corrected chi connectivity index (χ2v) is 6.74. The summed E-state index contributed by atoms with van der Waals surface area (Å²) in [5.41, 5.74) is 8.21. The van der Waals surface area contributed by atoms with E-state index in [0.29, 0.717) is 19.5 Å². The Morgan fingerprint density at radius 2 is 2.28 bits per heavy atom. The Labute approximate surface area is 147 Å². The lowest BCUT2D eigenvalue weighted by Gasteiger charge is -2.31. The van der Waals surface area contributed by atoms with E-state index in [1.54, 1.807) is 0 Å². The molecule has 1 fully saturated rings. The van der Waals surface area contributed by atoms with Gasteiger partial charge in [-0.3, -0.25) is 9.59 Å². The van der Waals surface area contributed by atoms with Crippen molar-refractivity contribution in [1.29, 1.82) is 0 Å². The summed E-state index contributed by atoms with van der Waals surface area (Å²) in [6, 6.07) is 5.83. The molecule has 0 unspecified atom stereocenters. The molecule has 1 atom stereocenters. The number of aromatic nitrogens is 2. The highest BCUT2D eigenvalue weighted by Crippen LogP contribution is 2.15. The number of primary amides is 1. The fourth-order valence-corrected chi connectivity index (χ4v) is 3.39. The minimum absolute atomic E-state index is 0.000882. The molecule has 7 heteroatoms. The first-order valence-corrected chi connectivity index (χ1v) is 8.75. The first-order chi connectivity index (χ1) is 12.0. The van der Waals surface area contributed by atoms with Gasteiger partial charge >= 0.3 is 0 Å². The van der Waals surface area contributed by atoms with E-state index < -0.39 is 0 Å². The molecule has 1 aliphatic rings. The number of nitrogens with zero attached hydrogens (tertiary/aromatic N) is 2. The van der Waals surface area contributed by atoms with Crippen molar-refractivity contribution < 1.29 is 9.59 Å². The number of hydrogen-bond acceptors (Lipinski definition) is 4. The Bertz CT molecular complexity index is 770. The van der Waals surface area contributed by atoms with Gasteiger partial charge in [-0.15, -0.1) is 0 Å². The van der Waals surface area contributed by atoms with Crippen LogP contribution < -0.4 is 11.1 Å². The van der Waals surface area contributed by atoms with E-state index in [1.807, 2.05) is 25.1 Å². The van der Waals surface area contributed by atoms with Crippen molar-refractivity contribution in [2.75, 3.05) is 26.2 Å². The highest BCUT2D eigenvalue weighted by molar-refractivity contribution is 5.81. The fraction of sp³-hybridized carbons (Fsp3) is 0.500. The average Bonchev–Trinajstić information content (AvgIpc) is 2.94. The Kier molecular flexibility index (Phi) is 5.33. The third-order valence-corrected chi connectivity index (χ3v) is 4.69. The number of rotatable bonds is 6. The van der Waals surface area contributed by atoms with Crippen molar-refractivity contribution in [3.8, 4) is 0 Å². The Morgan fingerprint density at radius 3 is 3.08 bits per heavy atom. The first kappa shape index (κ1) is 17.4. The zero-order valence-corrected chi connectivity index (χ0v) is 14.5. The van der Waals surface area contributed by atoms with Crippen LogP contribution in [0.4, 0.5) is 0 Å². The van der Waals surface area contributed by atoms with Gasteiger partial charge in [0, 0.05) is 19.6 Å². The van der Waals surface area contributed by atoms with Gasteiger partial charge in [0.25, 0.3) is 0 Å². The predicted octanol–water partition coefficient (Wildman–Crippen LogP) is 0.727. The molecule has 3 rings (SSSR count). The molecular weight excluding hydrogens is 318 g/mol. The van der Waals surface area contributed by atoms with Gasteiger partial charge < -0.3 is 20.9 Å². The van der Waals surface area contributed by atoms with Crippen LogP contribution in [0.25, 0.3) is 11.0 Å². The third kappa shape index (κ3) is 4.57. The molecule has 2 heterocycles. The van der Waals surface area contributed by atoms with Gasteiger partial charge in [0.2, 0.25) is 11.8 Å². The second-order valence-electron chi connectivity index (χ2n) is 6.74. The molecule has 25 heavy (non-hydrogen) atoms. The number of benzene rings is 1. The number of piperidine rings is 1. The van der Waals surface area contributed by atoms with E-state index in [2.05, 4.69) is 20.2 Å². The number of H-pyrrole nitrogens is 1. The van der Waals surface area contributed by atoms with E-state index in [1.165, 1.54) is 0 Å². The number of amides is 2. The molecular formula is C18H25N5O2. The molecule has 4 N–H and O–H groups in total. The van der Waals surface area contributed by atoms with Crippen LogP contribution in [0.2, 0.25) is 0 Å². The number of aryl methyl sites for hydroxylation is 1. The summed E-state index contributed by atoms with van der Waals surface area (Å²) in [5.74, 6) is 0.582. The van der Waals surface area contributed by atoms with Gasteiger partial charge in [-0.2, -0.15) is 0 Å². The SMILES string of the molecule is Cc1nc2ccc(CC(=O)NCCN3CCC[C@H](C(N)=O)C3)cc2[nH]1. The average molecular weight is 343 g/mol. The van der Waals surface area contributed by atoms with Crippen LogP contribution in [0.3, 0.4) is 0 Å². The van der Waals surface area contributed by atoms with Crippen molar-refractivity contribution in [3.63, 3.8) is 0 Å². The summed E-state index contributed by atoms with van der Waals surface area (Å²) >= 11 is 0. The topological polar surface area (TPSA) is 104 Å². The van der Waals surface area contributed by atoms with Crippen LogP contribution in [0.1, 0.15) is 24.2 Å². The summed E-state index contributed by atoms with van der Waals surface area (Å²) in [5, 5.41) is 2.95. The highest BCUT2D eigenvalue weighted by atomic mass is 16.2. The number of nitrogens with one attached hydrogen (secondary N) is 2. The summed E-state index contributed by atoms with van der Waals surface area (Å²) in [6.45, 7) is 4.89.